The lowest BCUT2D eigenvalue weighted by atomic mass is 9.79. The first kappa shape index (κ1) is 23.5. The Labute approximate surface area is 164 Å². The zero-order valence-corrected chi connectivity index (χ0v) is 16.2. The highest BCUT2D eigenvalue weighted by molar-refractivity contribution is 5.85. The maximum atomic E-state index is 14.5. The number of piperazine rings is 1. The van der Waals surface area contributed by atoms with Gasteiger partial charge in [-0.25, -0.2) is 4.39 Å². The van der Waals surface area contributed by atoms with E-state index in [9.17, 15) is 17.6 Å². The predicted octanol–water partition coefficient (Wildman–Crippen LogP) is 5.21. The lowest BCUT2D eigenvalue weighted by molar-refractivity contribution is -0.137. The average molecular weight is 417 g/mol. The highest BCUT2D eigenvalue weighted by Gasteiger charge is 2.36. The van der Waals surface area contributed by atoms with Crippen LogP contribution in [-0.2, 0) is 6.18 Å². The van der Waals surface area contributed by atoms with Gasteiger partial charge in [-0.15, -0.1) is 24.8 Å². The summed E-state index contributed by atoms with van der Waals surface area (Å²) in [6.45, 7) is 3.08. The van der Waals surface area contributed by atoms with Gasteiger partial charge in [-0.3, -0.25) is 4.90 Å². The molecule has 1 N–H and O–H groups in total. The van der Waals surface area contributed by atoms with Crippen molar-refractivity contribution in [3.8, 4) is 0 Å². The first-order chi connectivity index (χ1) is 11.5. The molecule has 1 aromatic carbocycles. The van der Waals surface area contributed by atoms with Crippen LogP contribution in [0.25, 0.3) is 0 Å². The molecule has 2 fully saturated rings. The van der Waals surface area contributed by atoms with Gasteiger partial charge >= 0.3 is 6.18 Å². The number of nitrogens with zero attached hydrogens (tertiary/aromatic N) is 1. The van der Waals surface area contributed by atoms with Crippen LogP contribution in [0.3, 0.4) is 0 Å². The third-order valence-electron chi connectivity index (χ3n) is 5.28. The van der Waals surface area contributed by atoms with Gasteiger partial charge in [0.05, 0.1) is 5.56 Å². The van der Waals surface area contributed by atoms with Gasteiger partial charge in [0.1, 0.15) is 5.82 Å². The van der Waals surface area contributed by atoms with E-state index in [4.69, 9.17) is 0 Å². The van der Waals surface area contributed by atoms with Crippen molar-refractivity contribution in [3.63, 3.8) is 0 Å². The summed E-state index contributed by atoms with van der Waals surface area (Å²) in [5.41, 5.74) is -0.534. The molecule has 0 amide bonds. The summed E-state index contributed by atoms with van der Waals surface area (Å²) in [6.07, 6.45) is 0.801. The molecular formula is C18H26Cl2F4N2. The van der Waals surface area contributed by atoms with E-state index in [2.05, 4.69) is 10.2 Å². The number of rotatable bonds is 3. The van der Waals surface area contributed by atoms with E-state index in [0.717, 1.165) is 76.5 Å². The average Bonchev–Trinajstić information content (AvgIpc) is 2.58. The number of alkyl halides is 3. The standard InChI is InChI=1S/C18H24F4N2.2ClH/c19-16-7-6-14(18(20,21)22)12-15(16)17(13-4-2-1-3-5-13)24-10-8-23-9-11-24;;/h6-7,12-13,17,23H,1-5,8-11H2;2*1H/t17-;;/m1../s1. The number of halogens is 6. The molecule has 2 aliphatic rings. The van der Waals surface area contributed by atoms with Gasteiger partial charge < -0.3 is 5.32 Å². The Bertz CT molecular complexity index is 539. The minimum absolute atomic E-state index is 0. The number of benzene rings is 1. The maximum Gasteiger partial charge on any atom is 0.416 e. The van der Waals surface area contributed by atoms with E-state index in [1.165, 1.54) is 0 Å². The Hall–Kier alpha value is -0.560. The van der Waals surface area contributed by atoms with Crippen LogP contribution in [0.5, 0.6) is 0 Å². The summed E-state index contributed by atoms with van der Waals surface area (Å²) in [5.74, 6) is -0.285. The summed E-state index contributed by atoms with van der Waals surface area (Å²) < 4.78 is 53.8. The molecule has 26 heavy (non-hydrogen) atoms. The number of hydrogen-bond acceptors (Lipinski definition) is 2. The molecule has 0 radical (unpaired) electrons. The minimum Gasteiger partial charge on any atom is -0.314 e. The molecule has 1 aliphatic carbocycles. The van der Waals surface area contributed by atoms with Crippen LogP contribution in [0.15, 0.2) is 18.2 Å². The molecule has 1 saturated carbocycles. The predicted molar refractivity (Wildman–Crippen MR) is 99.7 cm³/mol. The van der Waals surface area contributed by atoms with Gasteiger partial charge in [-0.1, -0.05) is 19.3 Å². The third-order valence-corrected chi connectivity index (χ3v) is 5.28. The van der Waals surface area contributed by atoms with Crippen LogP contribution in [-0.4, -0.2) is 31.1 Å². The van der Waals surface area contributed by atoms with Crippen molar-refractivity contribution in [1.29, 1.82) is 0 Å². The van der Waals surface area contributed by atoms with Gasteiger partial charge in [0.15, 0.2) is 0 Å². The summed E-state index contributed by atoms with van der Waals surface area (Å²) >= 11 is 0. The van der Waals surface area contributed by atoms with Crippen molar-refractivity contribution in [2.75, 3.05) is 26.2 Å². The second kappa shape index (κ2) is 10.1. The number of hydrogen-bond donors (Lipinski definition) is 1. The molecule has 2 nitrogen and oxygen atoms in total. The molecule has 1 heterocycles. The quantitative estimate of drug-likeness (QED) is 0.679. The topological polar surface area (TPSA) is 15.3 Å². The van der Waals surface area contributed by atoms with Gasteiger partial charge in [0.2, 0.25) is 0 Å². The van der Waals surface area contributed by atoms with E-state index in [-0.39, 0.29) is 42.3 Å². The first-order valence-electron chi connectivity index (χ1n) is 8.78. The molecule has 1 aliphatic heterocycles. The summed E-state index contributed by atoms with van der Waals surface area (Å²) in [7, 11) is 0. The fraction of sp³-hybridized carbons (Fsp3) is 0.667. The third kappa shape index (κ3) is 5.47. The van der Waals surface area contributed by atoms with Crippen molar-refractivity contribution in [3.05, 3.63) is 35.1 Å². The molecule has 8 heteroatoms. The Morgan fingerprint density at radius 3 is 2.19 bits per heavy atom. The fourth-order valence-electron chi connectivity index (χ4n) is 4.11. The Morgan fingerprint density at radius 1 is 1.00 bits per heavy atom. The summed E-state index contributed by atoms with van der Waals surface area (Å²) in [4.78, 5) is 2.17. The van der Waals surface area contributed by atoms with Crippen molar-refractivity contribution in [1.82, 2.24) is 10.2 Å². The second-order valence-electron chi connectivity index (χ2n) is 6.86. The zero-order valence-electron chi connectivity index (χ0n) is 14.5. The van der Waals surface area contributed by atoms with Gasteiger partial charge in [0, 0.05) is 37.8 Å². The van der Waals surface area contributed by atoms with Crippen LogP contribution in [0, 0.1) is 11.7 Å². The highest BCUT2D eigenvalue weighted by atomic mass is 35.5. The SMILES string of the molecule is Cl.Cl.Fc1ccc(C(F)(F)F)cc1[C@@H](C1CCCCC1)N1CCNCC1. The molecule has 0 aromatic heterocycles. The lowest BCUT2D eigenvalue weighted by Gasteiger charge is -2.41. The monoisotopic (exact) mass is 416 g/mol. The fourth-order valence-corrected chi connectivity index (χ4v) is 4.11. The van der Waals surface area contributed by atoms with Crippen molar-refractivity contribution >= 4 is 24.8 Å². The molecule has 0 spiro atoms. The largest absolute Gasteiger partial charge is 0.416 e. The van der Waals surface area contributed by atoms with Gasteiger partial charge in [-0.05, 0) is 37.0 Å². The Morgan fingerprint density at radius 2 is 1.62 bits per heavy atom. The van der Waals surface area contributed by atoms with Crippen molar-refractivity contribution in [2.45, 2.75) is 44.3 Å². The Balaban J connectivity index is 0.00000169. The van der Waals surface area contributed by atoms with E-state index in [0.29, 0.717) is 0 Å². The van der Waals surface area contributed by atoms with Crippen LogP contribution < -0.4 is 5.32 Å². The van der Waals surface area contributed by atoms with Gasteiger partial charge in [-0.2, -0.15) is 13.2 Å². The van der Waals surface area contributed by atoms with Crippen molar-refractivity contribution < 1.29 is 17.6 Å². The second-order valence-corrected chi connectivity index (χ2v) is 6.86. The van der Waals surface area contributed by atoms with Crippen LogP contribution in [0.2, 0.25) is 0 Å². The molecule has 3 rings (SSSR count). The van der Waals surface area contributed by atoms with Crippen LogP contribution in [0.1, 0.15) is 49.3 Å². The molecule has 0 unspecified atom stereocenters. The van der Waals surface area contributed by atoms with E-state index in [1.54, 1.807) is 0 Å². The lowest BCUT2D eigenvalue weighted by Crippen LogP contribution is -2.47. The molecule has 1 atom stereocenters. The summed E-state index contributed by atoms with van der Waals surface area (Å²) in [5, 5.41) is 3.26. The first-order valence-corrected chi connectivity index (χ1v) is 8.78. The molecule has 0 bridgehead atoms. The highest BCUT2D eigenvalue weighted by Crippen LogP contribution is 2.41. The van der Waals surface area contributed by atoms with Crippen LogP contribution in [0.4, 0.5) is 17.6 Å². The summed E-state index contributed by atoms with van der Waals surface area (Å²) in [6, 6.07) is 2.61. The van der Waals surface area contributed by atoms with E-state index >= 15 is 0 Å². The minimum atomic E-state index is -4.44. The van der Waals surface area contributed by atoms with Gasteiger partial charge in [0.25, 0.3) is 0 Å². The normalized spacial score (nSPS) is 20.8. The Kier molecular flexibility index (Phi) is 9.13. The number of nitrogens with one attached hydrogen (secondary N) is 1. The molecule has 1 saturated heterocycles. The zero-order chi connectivity index (χ0) is 17.2. The molecular weight excluding hydrogens is 391 g/mol. The molecule has 1 aromatic rings. The van der Waals surface area contributed by atoms with Crippen LogP contribution >= 0.6 is 24.8 Å². The van der Waals surface area contributed by atoms with Crippen molar-refractivity contribution in [2.24, 2.45) is 5.92 Å². The molecule has 150 valence electrons. The van der Waals surface area contributed by atoms with E-state index < -0.39 is 17.6 Å². The van der Waals surface area contributed by atoms with E-state index in [1.807, 2.05) is 0 Å². The smallest absolute Gasteiger partial charge is 0.314 e. The maximum absolute atomic E-state index is 14.5.